The van der Waals surface area contributed by atoms with Gasteiger partial charge in [0, 0.05) is 12.0 Å². The van der Waals surface area contributed by atoms with Crippen molar-refractivity contribution in [3.8, 4) is 0 Å². The summed E-state index contributed by atoms with van der Waals surface area (Å²) in [4.78, 5) is 0. The maximum atomic E-state index is 6.22. The Morgan fingerprint density at radius 1 is 0.850 bits per heavy atom. The standard InChI is InChI=1S/C19H23N/c1-2-3-10-15-19(16-20,17-11-6-4-7-12-17)18-13-8-5-9-14-18/h3-14H,2,15-16,20H2,1H3/b10-3-. The van der Waals surface area contributed by atoms with Crippen molar-refractivity contribution in [1.82, 2.24) is 0 Å². The minimum atomic E-state index is -0.131. The van der Waals surface area contributed by atoms with Crippen molar-refractivity contribution in [2.75, 3.05) is 6.54 Å². The Hall–Kier alpha value is -1.86. The Balaban J connectivity index is 2.49. The molecule has 0 atom stereocenters. The van der Waals surface area contributed by atoms with Crippen molar-refractivity contribution in [3.63, 3.8) is 0 Å². The fraction of sp³-hybridized carbons (Fsp3) is 0.263. The van der Waals surface area contributed by atoms with Gasteiger partial charge in [0.2, 0.25) is 0 Å². The molecule has 0 bridgehead atoms. The molecule has 2 N–H and O–H groups in total. The maximum Gasteiger partial charge on any atom is 0.0359 e. The highest BCUT2D eigenvalue weighted by molar-refractivity contribution is 5.40. The van der Waals surface area contributed by atoms with Crippen molar-refractivity contribution >= 4 is 0 Å². The van der Waals surface area contributed by atoms with Crippen molar-refractivity contribution in [1.29, 1.82) is 0 Å². The largest absolute Gasteiger partial charge is 0.329 e. The highest BCUT2D eigenvalue weighted by atomic mass is 14.6. The number of allylic oxidation sites excluding steroid dienone is 2. The molecule has 0 amide bonds. The Morgan fingerprint density at radius 3 is 1.75 bits per heavy atom. The van der Waals surface area contributed by atoms with Gasteiger partial charge in [-0.3, -0.25) is 0 Å². The van der Waals surface area contributed by atoms with Crippen molar-refractivity contribution in [2.45, 2.75) is 25.2 Å². The number of rotatable bonds is 6. The van der Waals surface area contributed by atoms with Crippen molar-refractivity contribution in [2.24, 2.45) is 5.73 Å². The third kappa shape index (κ3) is 3.00. The van der Waals surface area contributed by atoms with Crippen LogP contribution in [0.2, 0.25) is 0 Å². The van der Waals surface area contributed by atoms with Gasteiger partial charge in [-0.05, 0) is 24.0 Å². The zero-order chi connectivity index (χ0) is 14.3. The lowest BCUT2D eigenvalue weighted by molar-refractivity contribution is 0.532. The maximum absolute atomic E-state index is 6.22. The molecule has 0 heterocycles. The van der Waals surface area contributed by atoms with E-state index in [-0.39, 0.29) is 5.41 Å². The monoisotopic (exact) mass is 265 g/mol. The van der Waals surface area contributed by atoms with E-state index in [1.807, 2.05) is 0 Å². The molecule has 1 nitrogen and oxygen atoms in total. The third-order valence-corrected chi connectivity index (χ3v) is 3.87. The molecule has 104 valence electrons. The van der Waals surface area contributed by atoms with E-state index in [2.05, 4.69) is 79.7 Å². The van der Waals surface area contributed by atoms with Gasteiger partial charge in [-0.1, -0.05) is 79.7 Å². The minimum absolute atomic E-state index is 0.131. The smallest absolute Gasteiger partial charge is 0.0359 e. The van der Waals surface area contributed by atoms with E-state index in [1.54, 1.807) is 0 Å². The fourth-order valence-corrected chi connectivity index (χ4v) is 2.69. The molecule has 1 heteroatoms. The van der Waals surface area contributed by atoms with E-state index in [9.17, 15) is 0 Å². The molecule has 0 aliphatic heterocycles. The summed E-state index contributed by atoms with van der Waals surface area (Å²) in [5.74, 6) is 0. The molecule has 0 aliphatic rings. The van der Waals surface area contributed by atoms with Crippen LogP contribution in [0.4, 0.5) is 0 Å². The summed E-state index contributed by atoms with van der Waals surface area (Å²) in [7, 11) is 0. The molecule has 0 spiro atoms. The third-order valence-electron chi connectivity index (χ3n) is 3.87. The normalized spacial score (nSPS) is 11.9. The van der Waals surface area contributed by atoms with Gasteiger partial charge in [-0.2, -0.15) is 0 Å². The zero-order valence-corrected chi connectivity index (χ0v) is 12.1. The molecule has 0 saturated heterocycles. The summed E-state index contributed by atoms with van der Waals surface area (Å²) in [6.45, 7) is 2.76. The first-order chi connectivity index (χ1) is 9.83. The second-order valence-corrected chi connectivity index (χ2v) is 5.10. The van der Waals surface area contributed by atoms with Gasteiger partial charge in [-0.15, -0.1) is 0 Å². The lowest BCUT2D eigenvalue weighted by Crippen LogP contribution is -2.36. The first-order valence-corrected chi connectivity index (χ1v) is 7.29. The first-order valence-electron chi connectivity index (χ1n) is 7.29. The van der Waals surface area contributed by atoms with Crippen LogP contribution in [0, 0.1) is 0 Å². The van der Waals surface area contributed by atoms with Crippen LogP contribution in [0.3, 0.4) is 0 Å². The Labute approximate surface area is 122 Å². The highest BCUT2D eigenvalue weighted by Gasteiger charge is 2.31. The van der Waals surface area contributed by atoms with E-state index in [4.69, 9.17) is 5.73 Å². The number of benzene rings is 2. The summed E-state index contributed by atoms with van der Waals surface area (Å²) in [5.41, 5.74) is 8.66. The quantitative estimate of drug-likeness (QED) is 0.775. The van der Waals surface area contributed by atoms with E-state index in [0.29, 0.717) is 6.54 Å². The minimum Gasteiger partial charge on any atom is -0.329 e. The van der Waals surface area contributed by atoms with E-state index >= 15 is 0 Å². The van der Waals surface area contributed by atoms with Crippen LogP contribution in [0.1, 0.15) is 30.9 Å². The molecule has 20 heavy (non-hydrogen) atoms. The second kappa shape index (κ2) is 7.06. The summed E-state index contributed by atoms with van der Waals surface area (Å²) >= 11 is 0. The summed E-state index contributed by atoms with van der Waals surface area (Å²) in [5, 5.41) is 0. The fourth-order valence-electron chi connectivity index (χ4n) is 2.69. The van der Waals surface area contributed by atoms with Crippen LogP contribution < -0.4 is 5.73 Å². The number of nitrogens with two attached hydrogens (primary N) is 1. The molecule has 2 aromatic carbocycles. The number of hydrogen-bond donors (Lipinski definition) is 1. The lowest BCUT2D eigenvalue weighted by Gasteiger charge is -2.33. The van der Waals surface area contributed by atoms with Crippen LogP contribution in [-0.2, 0) is 5.41 Å². The van der Waals surface area contributed by atoms with Crippen molar-refractivity contribution < 1.29 is 0 Å². The van der Waals surface area contributed by atoms with Gasteiger partial charge in [0.05, 0.1) is 0 Å². The molecule has 2 aromatic rings. The van der Waals surface area contributed by atoms with Gasteiger partial charge in [0.15, 0.2) is 0 Å². The molecular weight excluding hydrogens is 242 g/mol. The van der Waals surface area contributed by atoms with Crippen LogP contribution in [0.5, 0.6) is 0 Å². The van der Waals surface area contributed by atoms with Crippen LogP contribution in [0.15, 0.2) is 72.8 Å². The number of hydrogen-bond acceptors (Lipinski definition) is 1. The lowest BCUT2D eigenvalue weighted by atomic mass is 9.72. The molecule has 0 radical (unpaired) electrons. The highest BCUT2D eigenvalue weighted by Crippen LogP contribution is 2.35. The predicted octanol–water partition coefficient (Wildman–Crippen LogP) is 4.29. The first kappa shape index (κ1) is 14.5. The molecule has 0 saturated carbocycles. The topological polar surface area (TPSA) is 26.0 Å². The van der Waals surface area contributed by atoms with Gasteiger partial charge < -0.3 is 5.73 Å². The summed E-state index contributed by atoms with van der Waals surface area (Å²) in [6, 6.07) is 21.2. The van der Waals surface area contributed by atoms with Gasteiger partial charge >= 0.3 is 0 Å². The molecule has 0 aromatic heterocycles. The Morgan fingerprint density at radius 2 is 1.35 bits per heavy atom. The predicted molar refractivity (Wildman–Crippen MR) is 86.8 cm³/mol. The average molecular weight is 265 g/mol. The molecule has 0 unspecified atom stereocenters. The van der Waals surface area contributed by atoms with Gasteiger partial charge in [0.25, 0.3) is 0 Å². The zero-order valence-electron chi connectivity index (χ0n) is 12.1. The van der Waals surface area contributed by atoms with Crippen LogP contribution >= 0.6 is 0 Å². The Kier molecular flexibility index (Phi) is 5.14. The van der Waals surface area contributed by atoms with Crippen molar-refractivity contribution in [3.05, 3.63) is 83.9 Å². The summed E-state index contributed by atoms with van der Waals surface area (Å²) < 4.78 is 0. The molecule has 0 fully saturated rings. The van der Waals surface area contributed by atoms with E-state index in [0.717, 1.165) is 12.8 Å². The van der Waals surface area contributed by atoms with Gasteiger partial charge in [0.1, 0.15) is 0 Å². The van der Waals surface area contributed by atoms with E-state index < -0.39 is 0 Å². The SMILES string of the molecule is CC/C=C\CC(CN)(c1ccccc1)c1ccccc1. The van der Waals surface area contributed by atoms with Crippen LogP contribution in [-0.4, -0.2) is 6.54 Å². The van der Waals surface area contributed by atoms with Crippen LogP contribution in [0.25, 0.3) is 0 Å². The molecule has 2 rings (SSSR count). The second-order valence-electron chi connectivity index (χ2n) is 5.10. The summed E-state index contributed by atoms with van der Waals surface area (Å²) in [6.07, 6.45) is 6.47. The average Bonchev–Trinajstić information content (AvgIpc) is 2.54. The molecular formula is C19H23N. The Bertz CT molecular complexity index is 489. The van der Waals surface area contributed by atoms with E-state index in [1.165, 1.54) is 11.1 Å². The van der Waals surface area contributed by atoms with Gasteiger partial charge in [-0.25, -0.2) is 0 Å². The molecule has 0 aliphatic carbocycles.